The summed E-state index contributed by atoms with van der Waals surface area (Å²) in [5, 5.41) is 40.9. The van der Waals surface area contributed by atoms with Crippen LogP contribution in [0.4, 0.5) is 0 Å². The third-order valence-corrected chi connectivity index (χ3v) is 3.65. The third kappa shape index (κ3) is 5.00. The lowest BCUT2D eigenvalue weighted by Gasteiger charge is -2.32. The number of aliphatic hydroxyl groups excluding tert-OH is 2. The largest absolute Gasteiger partial charge is 0.389 e. The average Bonchev–Trinajstić information content (AvgIpc) is 2.52. The Morgan fingerprint density at radius 3 is 1.36 bits per heavy atom. The minimum atomic E-state index is -2.60. The number of hydrogen-bond donors (Lipinski definition) is 4. The Balaban J connectivity index is 5.79. The van der Waals surface area contributed by atoms with Gasteiger partial charge in [-0.05, 0) is 11.8 Å². The SMILES string of the molecule is C=C=CC(O)(C(=O)OC(=O)C(O)(C=C=C)C(O)C(C)C)C(O)C(C)C. The van der Waals surface area contributed by atoms with E-state index < -0.39 is 47.2 Å². The first-order chi connectivity index (χ1) is 11.4. The van der Waals surface area contributed by atoms with Crippen LogP contribution < -0.4 is 0 Å². The zero-order chi connectivity index (χ0) is 20.0. The van der Waals surface area contributed by atoms with E-state index in [1.165, 1.54) is 27.7 Å². The van der Waals surface area contributed by atoms with Crippen LogP contribution in [0.2, 0.25) is 0 Å². The molecule has 0 aromatic carbocycles. The monoisotopic (exact) mass is 354 g/mol. The first kappa shape index (κ1) is 23.0. The third-order valence-electron chi connectivity index (χ3n) is 3.65. The zero-order valence-electron chi connectivity index (χ0n) is 14.9. The quantitative estimate of drug-likeness (QED) is 0.279. The van der Waals surface area contributed by atoms with Crippen molar-refractivity contribution in [3.63, 3.8) is 0 Å². The van der Waals surface area contributed by atoms with Gasteiger partial charge in [-0.15, -0.1) is 11.5 Å². The summed E-state index contributed by atoms with van der Waals surface area (Å²) < 4.78 is 4.53. The highest BCUT2D eigenvalue weighted by Crippen LogP contribution is 2.25. The number of rotatable bonds is 8. The molecule has 0 radical (unpaired) electrons. The van der Waals surface area contributed by atoms with Gasteiger partial charge in [-0.2, -0.15) is 0 Å². The Bertz CT molecular complexity index is 545. The highest BCUT2D eigenvalue weighted by Gasteiger charge is 2.50. The van der Waals surface area contributed by atoms with Gasteiger partial charge in [-0.25, -0.2) is 9.59 Å². The van der Waals surface area contributed by atoms with Crippen molar-refractivity contribution in [2.45, 2.75) is 51.1 Å². The number of carbonyl (C=O) groups excluding carboxylic acids is 2. The van der Waals surface area contributed by atoms with Gasteiger partial charge in [-0.1, -0.05) is 40.9 Å². The van der Waals surface area contributed by atoms with Gasteiger partial charge in [0.15, 0.2) is 0 Å². The van der Waals surface area contributed by atoms with Crippen molar-refractivity contribution in [1.82, 2.24) is 0 Å². The molecule has 4 atom stereocenters. The highest BCUT2D eigenvalue weighted by atomic mass is 16.6. The first-order valence-corrected chi connectivity index (χ1v) is 7.70. The Morgan fingerprint density at radius 2 is 1.16 bits per heavy atom. The molecule has 4 N–H and O–H groups in total. The van der Waals surface area contributed by atoms with Crippen molar-refractivity contribution in [3.05, 3.63) is 36.8 Å². The minimum absolute atomic E-state index is 0.578. The molecule has 0 aliphatic carbocycles. The van der Waals surface area contributed by atoms with Crippen LogP contribution in [0, 0.1) is 11.8 Å². The van der Waals surface area contributed by atoms with Crippen LogP contribution in [-0.4, -0.2) is 55.8 Å². The van der Waals surface area contributed by atoms with Gasteiger partial charge in [0.25, 0.3) is 0 Å². The number of ether oxygens (including phenoxy) is 1. The Kier molecular flexibility index (Phi) is 8.22. The average molecular weight is 354 g/mol. The van der Waals surface area contributed by atoms with Crippen molar-refractivity contribution in [1.29, 1.82) is 0 Å². The normalized spacial score (nSPS) is 18.2. The summed E-state index contributed by atoms with van der Waals surface area (Å²) in [4.78, 5) is 24.5. The van der Waals surface area contributed by atoms with Gasteiger partial charge in [-0.3, -0.25) is 0 Å². The maximum atomic E-state index is 12.3. The summed E-state index contributed by atoms with van der Waals surface area (Å²) in [5.41, 5.74) is -0.880. The summed E-state index contributed by atoms with van der Waals surface area (Å²) in [6.07, 6.45) is -1.73. The summed E-state index contributed by atoms with van der Waals surface area (Å²) in [5.74, 6) is -4.24. The molecule has 0 saturated carbocycles. The molecule has 7 heteroatoms. The number of esters is 2. The molecule has 0 bridgehead atoms. The standard InChI is InChI=1S/C18H26O7/c1-7-9-17(23,13(19)11(3)4)15(21)25-16(22)18(24,10-8-2)14(20)12(5)6/h9-14,19-20,23-24H,1-2H2,3-6H3. The molecule has 0 aliphatic rings. The number of carbonyl (C=O) groups is 2. The Morgan fingerprint density at radius 1 is 0.880 bits per heavy atom. The lowest BCUT2D eigenvalue weighted by Crippen LogP contribution is -2.56. The predicted octanol–water partition coefficient (Wildman–Crippen LogP) is 0.234. The second kappa shape index (κ2) is 8.92. The molecule has 0 saturated heterocycles. The molecule has 140 valence electrons. The van der Waals surface area contributed by atoms with E-state index in [9.17, 15) is 30.0 Å². The van der Waals surface area contributed by atoms with E-state index >= 15 is 0 Å². The molecule has 25 heavy (non-hydrogen) atoms. The molecular weight excluding hydrogens is 328 g/mol. The predicted molar refractivity (Wildman–Crippen MR) is 90.1 cm³/mol. The number of hydrogen-bond acceptors (Lipinski definition) is 7. The molecule has 0 amide bonds. The Hall–Kier alpha value is -1.98. The maximum Gasteiger partial charge on any atom is 0.353 e. The van der Waals surface area contributed by atoms with E-state index in [0.717, 1.165) is 12.2 Å². The smallest absolute Gasteiger partial charge is 0.353 e. The molecule has 0 aromatic rings. The van der Waals surface area contributed by atoms with Gasteiger partial charge < -0.3 is 25.2 Å². The lowest BCUT2D eigenvalue weighted by molar-refractivity contribution is -0.192. The minimum Gasteiger partial charge on any atom is -0.389 e. The van der Waals surface area contributed by atoms with Gasteiger partial charge in [0.2, 0.25) is 11.2 Å². The molecule has 0 spiro atoms. The summed E-state index contributed by atoms with van der Waals surface area (Å²) in [6.45, 7) is 12.6. The summed E-state index contributed by atoms with van der Waals surface area (Å²) >= 11 is 0. The van der Waals surface area contributed by atoms with Gasteiger partial charge in [0.1, 0.15) is 12.2 Å². The van der Waals surface area contributed by atoms with E-state index in [2.05, 4.69) is 29.4 Å². The topological polar surface area (TPSA) is 124 Å². The molecule has 0 rings (SSSR count). The summed E-state index contributed by atoms with van der Waals surface area (Å²) in [7, 11) is 0. The first-order valence-electron chi connectivity index (χ1n) is 7.70. The second-order valence-corrected chi connectivity index (χ2v) is 6.40. The van der Waals surface area contributed by atoms with E-state index in [-0.39, 0.29) is 0 Å². The Labute approximate surface area is 147 Å². The highest BCUT2D eigenvalue weighted by molar-refractivity contribution is 5.96. The van der Waals surface area contributed by atoms with Crippen molar-refractivity contribution in [2.75, 3.05) is 0 Å². The van der Waals surface area contributed by atoms with Gasteiger partial charge in [0, 0.05) is 12.2 Å². The lowest BCUT2D eigenvalue weighted by atomic mass is 9.87. The zero-order valence-corrected chi connectivity index (χ0v) is 14.9. The van der Waals surface area contributed by atoms with Gasteiger partial charge >= 0.3 is 11.9 Å². The van der Waals surface area contributed by atoms with E-state index in [4.69, 9.17) is 0 Å². The van der Waals surface area contributed by atoms with Crippen LogP contribution in [0.25, 0.3) is 0 Å². The van der Waals surface area contributed by atoms with E-state index in [0.29, 0.717) is 0 Å². The van der Waals surface area contributed by atoms with Crippen LogP contribution in [0.5, 0.6) is 0 Å². The van der Waals surface area contributed by atoms with Crippen LogP contribution in [-0.2, 0) is 14.3 Å². The molecular formula is C18H26O7. The second-order valence-electron chi connectivity index (χ2n) is 6.40. The fraction of sp³-hybridized carbons (Fsp3) is 0.556. The van der Waals surface area contributed by atoms with Crippen LogP contribution in [0.15, 0.2) is 36.8 Å². The number of aliphatic hydroxyl groups is 4. The molecule has 4 unspecified atom stereocenters. The molecule has 7 nitrogen and oxygen atoms in total. The van der Waals surface area contributed by atoms with Crippen LogP contribution in [0.1, 0.15) is 27.7 Å². The fourth-order valence-electron chi connectivity index (χ4n) is 2.11. The molecule has 0 fully saturated rings. The van der Waals surface area contributed by atoms with Crippen LogP contribution >= 0.6 is 0 Å². The molecule has 0 aliphatic heterocycles. The van der Waals surface area contributed by atoms with Gasteiger partial charge in [0.05, 0.1) is 0 Å². The molecule has 0 heterocycles. The summed E-state index contributed by atoms with van der Waals surface area (Å²) in [6, 6.07) is 0. The fourth-order valence-corrected chi connectivity index (χ4v) is 2.11. The van der Waals surface area contributed by atoms with Crippen molar-refractivity contribution >= 4 is 11.9 Å². The van der Waals surface area contributed by atoms with Crippen LogP contribution in [0.3, 0.4) is 0 Å². The van der Waals surface area contributed by atoms with E-state index in [1.54, 1.807) is 0 Å². The van der Waals surface area contributed by atoms with Crippen molar-refractivity contribution in [3.8, 4) is 0 Å². The molecule has 0 aromatic heterocycles. The van der Waals surface area contributed by atoms with Crippen molar-refractivity contribution in [2.24, 2.45) is 11.8 Å². The van der Waals surface area contributed by atoms with Crippen molar-refractivity contribution < 1.29 is 34.8 Å². The van der Waals surface area contributed by atoms with E-state index in [1.807, 2.05) is 0 Å². The maximum absolute atomic E-state index is 12.3.